The zero-order valence-electron chi connectivity index (χ0n) is 6.75. The van der Waals surface area contributed by atoms with Gasteiger partial charge in [-0.2, -0.15) is 0 Å². The van der Waals surface area contributed by atoms with Crippen LogP contribution in [0.1, 0.15) is 12.8 Å². The van der Waals surface area contributed by atoms with E-state index < -0.39 is 11.6 Å². The van der Waals surface area contributed by atoms with Gasteiger partial charge < -0.3 is 20.3 Å². The Labute approximate surface area is 70.3 Å². The molecule has 1 saturated heterocycles. The van der Waals surface area contributed by atoms with E-state index in [1.807, 2.05) is 0 Å². The second-order valence-corrected chi connectivity index (χ2v) is 2.98. The van der Waals surface area contributed by atoms with Gasteiger partial charge in [0.15, 0.2) is 0 Å². The molecule has 1 heterocycles. The first kappa shape index (κ1) is 9.28. The van der Waals surface area contributed by atoms with Crippen molar-refractivity contribution in [2.24, 2.45) is 0 Å². The first-order valence-corrected chi connectivity index (χ1v) is 3.88. The van der Waals surface area contributed by atoms with Crippen LogP contribution in [-0.2, 0) is 4.74 Å². The van der Waals surface area contributed by atoms with Crippen molar-refractivity contribution in [3.05, 3.63) is 0 Å². The van der Waals surface area contributed by atoms with E-state index in [0.717, 1.165) is 0 Å². The molecule has 0 atom stereocenters. The average Bonchev–Trinajstić information content (AvgIpc) is 2.05. The van der Waals surface area contributed by atoms with Crippen LogP contribution in [0.3, 0.4) is 0 Å². The van der Waals surface area contributed by atoms with Crippen LogP contribution in [0.4, 0.5) is 4.79 Å². The third kappa shape index (κ3) is 2.09. The molecule has 1 aliphatic rings. The molecule has 5 nitrogen and oxygen atoms in total. The molecule has 0 unspecified atom stereocenters. The van der Waals surface area contributed by atoms with Gasteiger partial charge in [-0.3, -0.25) is 0 Å². The van der Waals surface area contributed by atoms with Crippen LogP contribution in [0, 0.1) is 0 Å². The average molecular weight is 175 g/mol. The molecular weight excluding hydrogens is 162 g/mol. The van der Waals surface area contributed by atoms with Crippen LogP contribution in [0.15, 0.2) is 0 Å². The summed E-state index contributed by atoms with van der Waals surface area (Å²) in [6.07, 6.45) is -0.0167. The molecule has 3 N–H and O–H groups in total. The number of aliphatic hydroxyl groups excluding tert-OH is 1. The van der Waals surface area contributed by atoms with Gasteiger partial charge in [0.2, 0.25) is 0 Å². The van der Waals surface area contributed by atoms with Crippen LogP contribution in [0.2, 0.25) is 0 Å². The first-order valence-electron chi connectivity index (χ1n) is 3.88. The van der Waals surface area contributed by atoms with Gasteiger partial charge in [-0.25, -0.2) is 4.79 Å². The van der Waals surface area contributed by atoms with Gasteiger partial charge in [-0.15, -0.1) is 0 Å². The Kier molecular flexibility index (Phi) is 2.88. The summed E-state index contributed by atoms with van der Waals surface area (Å²) in [6, 6.07) is 0. The van der Waals surface area contributed by atoms with Crippen LogP contribution in [-0.4, -0.2) is 41.7 Å². The van der Waals surface area contributed by atoms with E-state index in [1.165, 1.54) is 0 Å². The second-order valence-electron chi connectivity index (χ2n) is 2.98. The zero-order valence-corrected chi connectivity index (χ0v) is 6.75. The van der Waals surface area contributed by atoms with Crippen molar-refractivity contribution in [1.29, 1.82) is 0 Å². The lowest BCUT2D eigenvalue weighted by Gasteiger charge is -2.35. The van der Waals surface area contributed by atoms with Crippen molar-refractivity contribution in [2.75, 3.05) is 19.8 Å². The highest BCUT2D eigenvalue weighted by atomic mass is 16.5. The van der Waals surface area contributed by atoms with Gasteiger partial charge >= 0.3 is 6.09 Å². The minimum atomic E-state index is -1.09. The van der Waals surface area contributed by atoms with Crippen molar-refractivity contribution in [3.63, 3.8) is 0 Å². The fraction of sp³-hybridized carbons (Fsp3) is 0.857. The number of amides is 1. The van der Waals surface area contributed by atoms with E-state index in [1.54, 1.807) is 0 Å². The molecule has 0 aliphatic carbocycles. The predicted molar refractivity (Wildman–Crippen MR) is 41.0 cm³/mol. The lowest BCUT2D eigenvalue weighted by atomic mass is 9.91. The molecule has 70 valence electrons. The molecule has 1 rings (SSSR count). The van der Waals surface area contributed by atoms with E-state index in [9.17, 15) is 4.79 Å². The molecule has 0 bridgehead atoms. The molecule has 0 radical (unpaired) electrons. The smallest absolute Gasteiger partial charge is 0.405 e. The van der Waals surface area contributed by atoms with Crippen LogP contribution >= 0.6 is 0 Å². The van der Waals surface area contributed by atoms with E-state index in [0.29, 0.717) is 26.1 Å². The summed E-state index contributed by atoms with van der Waals surface area (Å²) in [5.74, 6) is 0. The quantitative estimate of drug-likeness (QED) is 0.543. The lowest BCUT2D eigenvalue weighted by Crippen LogP contribution is -2.54. The van der Waals surface area contributed by atoms with Gasteiger partial charge in [0.25, 0.3) is 0 Å². The minimum absolute atomic E-state index is 0.164. The molecule has 0 saturated carbocycles. The fourth-order valence-corrected chi connectivity index (χ4v) is 1.31. The van der Waals surface area contributed by atoms with Gasteiger partial charge in [-0.05, 0) is 12.8 Å². The Morgan fingerprint density at radius 2 is 2.08 bits per heavy atom. The minimum Gasteiger partial charge on any atom is -0.465 e. The van der Waals surface area contributed by atoms with Gasteiger partial charge in [0, 0.05) is 13.2 Å². The van der Waals surface area contributed by atoms with E-state index in [-0.39, 0.29) is 6.61 Å². The standard InChI is InChI=1S/C7H13NO4/c9-5-7(8-6(10)11)1-3-12-4-2-7/h8-9H,1-5H2,(H,10,11). The zero-order chi connectivity index (χ0) is 9.03. The monoisotopic (exact) mass is 175 g/mol. The highest BCUT2D eigenvalue weighted by Crippen LogP contribution is 2.19. The summed E-state index contributed by atoms with van der Waals surface area (Å²) in [7, 11) is 0. The summed E-state index contributed by atoms with van der Waals surface area (Å²) in [5, 5.41) is 19.8. The predicted octanol–water partition coefficient (Wildman–Crippen LogP) is -0.205. The Morgan fingerprint density at radius 1 is 1.50 bits per heavy atom. The molecule has 1 amide bonds. The maximum absolute atomic E-state index is 10.4. The topological polar surface area (TPSA) is 78.8 Å². The highest BCUT2D eigenvalue weighted by Gasteiger charge is 2.33. The summed E-state index contributed by atoms with van der Waals surface area (Å²) in [4.78, 5) is 10.4. The summed E-state index contributed by atoms with van der Waals surface area (Å²) in [6.45, 7) is 0.838. The molecule has 5 heteroatoms. The Bertz CT molecular complexity index is 165. The SMILES string of the molecule is O=C(O)NC1(CO)CCOCC1. The maximum atomic E-state index is 10.4. The van der Waals surface area contributed by atoms with E-state index >= 15 is 0 Å². The molecule has 1 fully saturated rings. The largest absolute Gasteiger partial charge is 0.465 e. The summed E-state index contributed by atoms with van der Waals surface area (Å²) < 4.78 is 5.06. The first-order chi connectivity index (χ1) is 5.68. The molecule has 12 heavy (non-hydrogen) atoms. The Balaban J connectivity index is 2.53. The normalized spacial score (nSPS) is 21.8. The number of nitrogens with one attached hydrogen (secondary N) is 1. The number of hydrogen-bond donors (Lipinski definition) is 3. The van der Waals surface area contributed by atoms with Gasteiger partial charge in [0.1, 0.15) is 0 Å². The molecule has 0 spiro atoms. The third-order valence-corrected chi connectivity index (χ3v) is 2.12. The number of ether oxygens (including phenoxy) is 1. The van der Waals surface area contributed by atoms with Gasteiger partial charge in [-0.1, -0.05) is 0 Å². The van der Waals surface area contributed by atoms with E-state index in [4.69, 9.17) is 14.9 Å². The lowest BCUT2D eigenvalue weighted by molar-refractivity contribution is 0.0137. The van der Waals surface area contributed by atoms with Crippen molar-refractivity contribution < 1.29 is 19.7 Å². The van der Waals surface area contributed by atoms with Crippen molar-refractivity contribution in [1.82, 2.24) is 5.32 Å². The van der Waals surface area contributed by atoms with Gasteiger partial charge in [0.05, 0.1) is 12.1 Å². The molecular formula is C7H13NO4. The molecule has 0 aromatic rings. The van der Waals surface area contributed by atoms with Crippen molar-refractivity contribution >= 4 is 6.09 Å². The number of aliphatic hydroxyl groups is 1. The number of carbonyl (C=O) groups is 1. The second kappa shape index (κ2) is 3.73. The summed E-state index contributed by atoms with van der Waals surface area (Å²) in [5.41, 5.74) is -0.677. The van der Waals surface area contributed by atoms with Crippen LogP contribution in [0.5, 0.6) is 0 Å². The number of rotatable bonds is 2. The number of carboxylic acid groups (broad SMARTS) is 1. The van der Waals surface area contributed by atoms with E-state index in [2.05, 4.69) is 5.32 Å². The molecule has 1 aliphatic heterocycles. The maximum Gasteiger partial charge on any atom is 0.405 e. The van der Waals surface area contributed by atoms with Crippen molar-refractivity contribution in [3.8, 4) is 0 Å². The Hall–Kier alpha value is -0.810. The molecule has 0 aromatic heterocycles. The Morgan fingerprint density at radius 3 is 2.50 bits per heavy atom. The fourth-order valence-electron chi connectivity index (χ4n) is 1.31. The van der Waals surface area contributed by atoms with Crippen LogP contribution in [0.25, 0.3) is 0 Å². The third-order valence-electron chi connectivity index (χ3n) is 2.12. The summed E-state index contributed by atoms with van der Waals surface area (Å²) >= 11 is 0. The number of hydrogen-bond acceptors (Lipinski definition) is 3. The molecule has 0 aromatic carbocycles. The van der Waals surface area contributed by atoms with Crippen LogP contribution < -0.4 is 5.32 Å². The highest BCUT2D eigenvalue weighted by molar-refractivity contribution is 5.65. The van der Waals surface area contributed by atoms with Crippen molar-refractivity contribution in [2.45, 2.75) is 18.4 Å².